The second kappa shape index (κ2) is 15.2. The number of likely N-dealkylation sites (tertiary alicyclic amines) is 1. The molecular formula is C32H36ClIN6O5S2. The van der Waals surface area contributed by atoms with Gasteiger partial charge in [0, 0.05) is 35.4 Å². The summed E-state index contributed by atoms with van der Waals surface area (Å²) in [5.74, 6) is -0.500. The maximum Gasteiger partial charge on any atom is 0.261 e. The fraction of sp³-hybridized carbons (Fsp3) is 0.250. The molecule has 0 aliphatic carbocycles. The van der Waals surface area contributed by atoms with Gasteiger partial charge in [0.1, 0.15) is 6.04 Å². The minimum atomic E-state index is -4.12. The molecule has 0 saturated carbocycles. The van der Waals surface area contributed by atoms with E-state index in [1.165, 1.54) is 23.1 Å². The number of carbonyl (C=O) groups excluding carboxylic acids is 1. The van der Waals surface area contributed by atoms with Crippen molar-refractivity contribution < 1.29 is 21.6 Å². The Morgan fingerprint density at radius 3 is 2.26 bits per heavy atom. The smallest absolute Gasteiger partial charge is 0.261 e. The van der Waals surface area contributed by atoms with Gasteiger partial charge in [-0.2, -0.15) is 4.72 Å². The molecular weight excluding hydrogens is 775 g/mol. The molecule has 1 aliphatic rings. The second-order valence-electron chi connectivity index (χ2n) is 11.2. The average Bonchev–Trinajstić information content (AvgIpc) is 3.04. The quantitative estimate of drug-likeness (QED) is 0.105. The molecule has 0 spiro atoms. The fourth-order valence-electron chi connectivity index (χ4n) is 5.46. The lowest BCUT2D eigenvalue weighted by molar-refractivity contribution is -0.134. The van der Waals surface area contributed by atoms with E-state index in [2.05, 4.69) is 32.0 Å². The van der Waals surface area contributed by atoms with Crippen LogP contribution < -0.4 is 15.2 Å². The SMILES string of the molecule is CN(C(=O)[C@H](Cc1ccc(NS(=O)(=O)c2ccc(I)cc2)cc1)NS(=O)(=O)c1ccc2ccccc2c1)C1CCCN(C(=N)N)C1.Cl. The zero-order valence-corrected chi connectivity index (χ0v) is 30.1. The van der Waals surface area contributed by atoms with Crippen LogP contribution in [0.4, 0.5) is 5.69 Å². The molecule has 1 saturated heterocycles. The van der Waals surface area contributed by atoms with Crippen LogP contribution in [0.3, 0.4) is 0 Å². The van der Waals surface area contributed by atoms with Crippen LogP contribution in [-0.2, 0) is 31.3 Å². The van der Waals surface area contributed by atoms with Crippen LogP contribution in [0.5, 0.6) is 0 Å². The first-order valence-corrected chi connectivity index (χ1v) is 18.6. The number of nitrogens with zero attached hydrogens (tertiary/aromatic N) is 2. The number of piperidine rings is 1. The third-order valence-electron chi connectivity index (χ3n) is 8.03. The van der Waals surface area contributed by atoms with E-state index in [1.54, 1.807) is 60.5 Å². The summed E-state index contributed by atoms with van der Waals surface area (Å²) in [5.41, 5.74) is 6.66. The Hall–Kier alpha value is -3.44. The number of halogens is 2. The number of likely N-dealkylation sites (N-methyl/N-ethyl adjacent to an activating group) is 1. The van der Waals surface area contributed by atoms with Crippen LogP contribution in [0.25, 0.3) is 10.8 Å². The first-order valence-electron chi connectivity index (χ1n) is 14.6. The molecule has 5 N–H and O–H groups in total. The van der Waals surface area contributed by atoms with Gasteiger partial charge >= 0.3 is 0 Å². The maximum absolute atomic E-state index is 14.0. The summed E-state index contributed by atoms with van der Waals surface area (Å²) in [4.78, 5) is 17.4. The summed E-state index contributed by atoms with van der Waals surface area (Å²) in [7, 11) is -6.31. The molecule has 1 unspecified atom stereocenters. The van der Waals surface area contributed by atoms with Gasteiger partial charge in [-0.25, -0.2) is 16.8 Å². The van der Waals surface area contributed by atoms with Crippen LogP contribution in [0.2, 0.25) is 0 Å². The summed E-state index contributed by atoms with van der Waals surface area (Å²) in [5, 5.41) is 9.46. The lowest BCUT2D eigenvalue weighted by atomic mass is 10.0. The first-order chi connectivity index (χ1) is 21.8. The van der Waals surface area contributed by atoms with Gasteiger partial charge in [-0.05, 0) is 107 Å². The number of fused-ring (bicyclic) bond motifs is 1. The van der Waals surface area contributed by atoms with E-state index in [4.69, 9.17) is 11.1 Å². The van der Waals surface area contributed by atoms with Gasteiger partial charge in [0.05, 0.1) is 9.79 Å². The number of benzene rings is 4. The van der Waals surface area contributed by atoms with E-state index >= 15 is 0 Å². The molecule has 0 aromatic heterocycles. The molecule has 2 atom stereocenters. The summed E-state index contributed by atoms with van der Waals surface area (Å²) in [6, 6.07) is 23.7. The zero-order chi connectivity index (χ0) is 33.1. The van der Waals surface area contributed by atoms with Crippen LogP contribution in [0.1, 0.15) is 18.4 Å². The zero-order valence-electron chi connectivity index (χ0n) is 25.5. The Kier molecular flexibility index (Phi) is 11.8. The Bertz CT molecular complexity index is 1960. The van der Waals surface area contributed by atoms with Crippen molar-refractivity contribution in [3.05, 3.63) is 100 Å². The van der Waals surface area contributed by atoms with Crippen molar-refractivity contribution in [2.45, 2.75) is 41.1 Å². The summed E-state index contributed by atoms with van der Waals surface area (Å²) in [6.07, 6.45) is 1.43. The number of rotatable bonds is 10. The molecule has 5 rings (SSSR count). The number of anilines is 1. The molecule has 1 aliphatic heterocycles. The number of nitrogens with one attached hydrogen (secondary N) is 3. The highest BCUT2D eigenvalue weighted by atomic mass is 127. The predicted octanol–water partition coefficient (Wildman–Crippen LogP) is 4.37. The fourth-order valence-corrected chi connectivity index (χ4v) is 8.10. The topological polar surface area (TPSA) is 166 Å². The molecule has 47 heavy (non-hydrogen) atoms. The van der Waals surface area contributed by atoms with Gasteiger partial charge in [0.2, 0.25) is 15.9 Å². The lowest BCUT2D eigenvalue weighted by Gasteiger charge is -2.39. The van der Waals surface area contributed by atoms with Crippen molar-refractivity contribution in [2.75, 3.05) is 24.9 Å². The van der Waals surface area contributed by atoms with Crippen molar-refractivity contribution in [2.24, 2.45) is 5.73 Å². The molecule has 1 heterocycles. The molecule has 1 amide bonds. The summed E-state index contributed by atoms with van der Waals surface area (Å²) in [6.45, 7) is 0.989. The van der Waals surface area contributed by atoms with Crippen molar-refractivity contribution >= 4 is 83.4 Å². The summed E-state index contributed by atoms with van der Waals surface area (Å²) < 4.78 is 59.2. The van der Waals surface area contributed by atoms with E-state index in [0.29, 0.717) is 30.8 Å². The predicted molar refractivity (Wildman–Crippen MR) is 195 cm³/mol. The standard InChI is InChI=1S/C32H35IN6O5S2.ClH/c1-38(27-7-4-18-39(21-27)32(34)35)31(40)30(37-46(43,44)29-15-10-23-5-2-3-6-24(23)20-29)19-22-8-13-26(14-9-22)36-45(41,42)28-16-11-25(33)12-17-28;/h2-3,5-6,8-17,20,27,30,36-37H,4,7,18-19,21H2,1H3,(H3,34,35);1H/t27?,30-;/m0./s1. The highest BCUT2D eigenvalue weighted by molar-refractivity contribution is 14.1. The third-order valence-corrected chi connectivity index (χ3v) is 11.6. The molecule has 4 aromatic rings. The van der Waals surface area contributed by atoms with E-state index < -0.39 is 32.0 Å². The van der Waals surface area contributed by atoms with E-state index in [1.807, 2.05) is 24.3 Å². The average molecular weight is 811 g/mol. The minimum absolute atomic E-state index is 0. The molecule has 1 fully saturated rings. The normalized spacial score (nSPS) is 15.8. The molecule has 250 valence electrons. The van der Waals surface area contributed by atoms with Crippen LogP contribution in [0, 0.1) is 8.98 Å². The highest BCUT2D eigenvalue weighted by Gasteiger charge is 2.33. The Balaban J connectivity index is 0.00000500. The number of guanidine groups is 1. The van der Waals surface area contributed by atoms with E-state index in [-0.39, 0.29) is 40.6 Å². The lowest BCUT2D eigenvalue weighted by Crippen LogP contribution is -2.56. The monoisotopic (exact) mass is 810 g/mol. The van der Waals surface area contributed by atoms with Crippen LogP contribution in [-0.4, -0.2) is 70.7 Å². The second-order valence-corrected chi connectivity index (χ2v) is 15.9. The first kappa shape index (κ1) is 36.4. The Morgan fingerprint density at radius 1 is 0.957 bits per heavy atom. The maximum atomic E-state index is 14.0. The summed E-state index contributed by atoms with van der Waals surface area (Å²) >= 11 is 2.10. The number of carbonyl (C=O) groups is 1. The van der Waals surface area contributed by atoms with E-state index in [9.17, 15) is 21.6 Å². The van der Waals surface area contributed by atoms with Gasteiger partial charge in [-0.3, -0.25) is 14.9 Å². The van der Waals surface area contributed by atoms with Gasteiger partial charge in [-0.15, -0.1) is 12.4 Å². The molecule has 0 radical (unpaired) electrons. The van der Waals surface area contributed by atoms with Gasteiger partial charge in [-0.1, -0.05) is 42.5 Å². The largest absolute Gasteiger partial charge is 0.370 e. The van der Waals surface area contributed by atoms with Crippen molar-refractivity contribution in [1.29, 1.82) is 5.41 Å². The van der Waals surface area contributed by atoms with Crippen LogP contribution >= 0.6 is 35.0 Å². The van der Waals surface area contributed by atoms with Gasteiger partial charge in [0.15, 0.2) is 5.96 Å². The van der Waals surface area contributed by atoms with Crippen molar-refractivity contribution in [1.82, 2.24) is 14.5 Å². The number of nitrogens with two attached hydrogens (primary N) is 1. The van der Waals surface area contributed by atoms with Crippen molar-refractivity contribution in [3.63, 3.8) is 0 Å². The molecule has 0 bridgehead atoms. The van der Waals surface area contributed by atoms with E-state index in [0.717, 1.165) is 20.8 Å². The molecule has 15 heteroatoms. The highest BCUT2D eigenvalue weighted by Crippen LogP contribution is 2.23. The van der Waals surface area contributed by atoms with Crippen LogP contribution in [0.15, 0.2) is 101 Å². The third kappa shape index (κ3) is 8.93. The van der Waals surface area contributed by atoms with Crippen molar-refractivity contribution in [3.8, 4) is 0 Å². The Morgan fingerprint density at radius 2 is 1.60 bits per heavy atom. The van der Waals surface area contributed by atoms with Gasteiger partial charge in [0.25, 0.3) is 10.0 Å². The minimum Gasteiger partial charge on any atom is -0.370 e. The number of sulfonamides is 2. The Labute approximate surface area is 295 Å². The van der Waals surface area contributed by atoms with Gasteiger partial charge < -0.3 is 15.5 Å². The molecule has 11 nitrogen and oxygen atoms in total. The number of hydrogen-bond acceptors (Lipinski definition) is 6. The molecule has 4 aromatic carbocycles. The number of amides is 1. The number of hydrogen-bond donors (Lipinski definition) is 4.